The highest BCUT2D eigenvalue weighted by Crippen LogP contribution is 2.39. The lowest BCUT2D eigenvalue weighted by Crippen LogP contribution is -2.44. The van der Waals surface area contributed by atoms with E-state index in [0.29, 0.717) is 12.1 Å². The normalized spacial score (nSPS) is 35.8. The van der Waals surface area contributed by atoms with Gasteiger partial charge in [-0.3, -0.25) is 10.1 Å². The van der Waals surface area contributed by atoms with Crippen molar-refractivity contribution in [2.75, 3.05) is 6.54 Å². The maximum atomic E-state index is 13.0. The van der Waals surface area contributed by atoms with Gasteiger partial charge in [-0.1, -0.05) is 46.0 Å². The zero-order valence-electron chi connectivity index (χ0n) is 13.9. The summed E-state index contributed by atoms with van der Waals surface area (Å²) in [7, 11) is 0. The van der Waals surface area contributed by atoms with Gasteiger partial charge in [0.1, 0.15) is 0 Å². The van der Waals surface area contributed by atoms with E-state index in [-0.39, 0.29) is 5.54 Å². The Morgan fingerprint density at radius 3 is 2.67 bits per heavy atom. The average Bonchev–Trinajstić information content (AvgIpc) is 3.02. The molecular formula is C18H32N2O. The molecule has 0 radical (unpaired) electrons. The van der Waals surface area contributed by atoms with Gasteiger partial charge in [0.05, 0.1) is 11.7 Å². The molecule has 1 spiro atoms. The van der Waals surface area contributed by atoms with Crippen LogP contribution in [0, 0.1) is 11.8 Å². The van der Waals surface area contributed by atoms with Crippen LogP contribution in [-0.4, -0.2) is 29.1 Å². The van der Waals surface area contributed by atoms with E-state index in [1.165, 1.54) is 38.5 Å². The lowest BCUT2D eigenvalue weighted by molar-refractivity contribution is -0.134. The SMILES string of the molecule is CCCC1NC2(CCCC2)C(=O)N1CC1CCCC(C)C1. The lowest BCUT2D eigenvalue weighted by Gasteiger charge is -2.33. The Hall–Kier alpha value is -0.570. The van der Waals surface area contributed by atoms with E-state index in [9.17, 15) is 4.79 Å². The number of hydrogen-bond donors (Lipinski definition) is 1. The molecule has 21 heavy (non-hydrogen) atoms. The molecule has 3 aliphatic rings. The van der Waals surface area contributed by atoms with Crippen LogP contribution in [0.25, 0.3) is 0 Å². The van der Waals surface area contributed by atoms with Crippen molar-refractivity contribution in [1.82, 2.24) is 10.2 Å². The Morgan fingerprint density at radius 2 is 2.00 bits per heavy atom. The van der Waals surface area contributed by atoms with Gasteiger partial charge in [-0.05, 0) is 43.9 Å². The van der Waals surface area contributed by atoms with E-state index in [1.54, 1.807) is 0 Å². The van der Waals surface area contributed by atoms with Crippen LogP contribution in [0.5, 0.6) is 0 Å². The highest BCUT2D eigenvalue weighted by atomic mass is 16.2. The molecule has 1 amide bonds. The van der Waals surface area contributed by atoms with Gasteiger partial charge >= 0.3 is 0 Å². The van der Waals surface area contributed by atoms with E-state index >= 15 is 0 Å². The quantitative estimate of drug-likeness (QED) is 0.857. The summed E-state index contributed by atoms with van der Waals surface area (Å²) in [6, 6.07) is 0. The summed E-state index contributed by atoms with van der Waals surface area (Å²) in [5.74, 6) is 2.01. The zero-order valence-corrected chi connectivity index (χ0v) is 13.9. The first-order valence-electron chi connectivity index (χ1n) is 9.23. The second kappa shape index (κ2) is 6.28. The average molecular weight is 292 g/mol. The minimum atomic E-state index is -0.180. The minimum Gasteiger partial charge on any atom is -0.325 e. The Labute approximate surface area is 129 Å². The van der Waals surface area contributed by atoms with Gasteiger partial charge in [-0.15, -0.1) is 0 Å². The molecule has 2 aliphatic carbocycles. The van der Waals surface area contributed by atoms with Crippen LogP contribution in [0.3, 0.4) is 0 Å². The van der Waals surface area contributed by atoms with Crippen LogP contribution in [0.2, 0.25) is 0 Å². The van der Waals surface area contributed by atoms with E-state index < -0.39 is 0 Å². The Balaban J connectivity index is 1.70. The molecular weight excluding hydrogens is 260 g/mol. The fraction of sp³-hybridized carbons (Fsp3) is 0.944. The molecule has 1 saturated heterocycles. The predicted molar refractivity (Wildman–Crippen MR) is 85.9 cm³/mol. The Morgan fingerprint density at radius 1 is 1.24 bits per heavy atom. The van der Waals surface area contributed by atoms with Crippen molar-refractivity contribution < 1.29 is 4.79 Å². The molecule has 3 fully saturated rings. The first-order chi connectivity index (χ1) is 10.1. The summed E-state index contributed by atoms with van der Waals surface area (Å²) in [4.78, 5) is 15.3. The summed E-state index contributed by atoms with van der Waals surface area (Å²) < 4.78 is 0. The number of amides is 1. The van der Waals surface area contributed by atoms with Crippen LogP contribution in [0.4, 0.5) is 0 Å². The van der Waals surface area contributed by atoms with Gasteiger partial charge in [0.25, 0.3) is 0 Å². The van der Waals surface area contributed by atoms with E-state index in [4.69, 9.17) is 0 Å². The maximum absolute atomic E-state index is 13.0. The number of nitrogens with one attached hydrogen (secondary N) is 1. The third-order valence-corrected chi connectivity index (χ3v) is 6.01. The molecule has 1 heterocycles. The maximum Gasteiger partial charge on any atom is 0.244 e. The van der Waals surface area contributed by atoms with Gasteiger partial charge in [0, 0.05) is 6.54 Å². The molecule has 120 valence electrons. The predicted octanol–water partition coefficient (Wildman–Crippen LogP) is 3.68. The molecule has 3 unspecified atom stereocenters. The van der Waals surface area contributed by atoms with Gasteiger partial charge < -0.3 is 4.90 Å². The largest absolute Gasteiger partial charge is 0.325 e. The Kier molecular flexibility index (Phi) is 4.58. The summed E-state index contributed by atoms with van der Waals surface area (Å²) in [5, 5.41) is 3.74. The molecule has 2 saturated carbocycles. The van der Waals surface area contributed by atoms with E-state index in [2.05, 4.69) is 24.1 Å². The lowest BCUT2D eigenvalue weighted by atomic mass is 9.82. The fourth-order valence-corrected chi connectivity index (χ4v) is 4.93. The molecule has 0 aromatic carbocycles. The first kappa shape index (κ1) is 15.3. The van der Waals surface area contributed by atoms with Crippen LogP contribution in [-0.2, 0) is 4.79 Å². The summed E-state index contributed by atoms with van der Waals surface area (Å²) in [5.41, 5.74) is -0.180. The number of nitrogens with zero attached hydrogens (tertiary/aromatic N) is 1. The summed E-state index contributed by atoms with van der Waals surface area (Å²) >= 11 is 0. The smallest absolute Gasteiger partial charge is 0.244 e. The molecule has 1 aliphatic heterocycles. The number of carbonyl (C=O) groups is 1. The number of carbonyl (C=O) groups excluding carboxylic acids is 1. The third-order valence-electron chi connectivity index (χ3n) is 6.01. The van der Waals surface area contributed by atoms with E-state index in [1.807, 2.05) is 0 Å². The monoisotopic (exact) mass is 292 g/mol. The van der Waals surface area contributed by atoms with Crippen molar-refractivity contribution in [2.24, 2.45) is 11.8 Å². The van der Waals surface area contributed by atoms with Crippen molar-refractivity contribution >= 4 is 5.91 Å². The molecule has 3 atom stereocenters. The highest BCUT2D eigenvalue weighted by molar-refractivity contribution is 5.89. The van der Waals surface area contributed by atoms with Crippen LogP contribution in [0.1, 0.15) is 78.1 Å². The topological polar surface area (TPSA) is 32.3 Å². The molecule has 3 heteroatoms. The Bertz CT molecular complexity index is 375. The van der Waals surface area contributed by atoms with Crippen molar-refractivity contribution in [3.8, 4) is 0 Å². The summed E-state index contributed by atoms with van der Waals surface area (Å²) in [6.07, 6.45) is 12.5. The van der Waals surface area contributed by atoms with Crippen molar-refractivity contribution in [3.05, 3.63) is 0 Å². The minimum absolute atomic E-state index is 0.180. The third kappa shape index (κ3) is 2.99. The van der Waals surface area contributed by atoms with Crippen molar-refractivity contribution in [2.45, 2.75) is 89.8 Å². The molecule has 0 aromatic rings. The number of rotatable bonds is 4. The van der Waals surface area contributed by atoms with Crippen molar-refractivity contribution in [1.29, 1.82) is 0 Å². The molecule has 0 bridgehead atoms. The second-order valence-corrected chi connectivity index (χ2v) is 7.83. The fourth-order valence-electron chi connectivity index (χ4n) is 4.93. The van der Waals surface area contributed by atoms with Crippen LogP contribution >= 0.6 is 0 Å². The molecule has 1 N–H and O–H groups in total. The molecule has 3 nitrogen and oxygen atoms in total. The van der Waals surface area contributed by atoms with Crippen LogP contribution in [0.15, 0.2) is 0 Å². The molecule has 3 rings (SSSR count). The zero-order chi connectivity index (χ0) is 14.9. The van der Waals surface area contributed by atoms with Gasteiger partial charge in [-0.2, -0.15) is 0 Å². The van der Waals surface area contributed by atoms with Crippen molar-refractivity contribution in [3.63, 3.8) is 0 Å². The van der Waals surface area contributed by atoms with Gasteiger partial charge in [0.15, 0.2) is 0 Å². The molecule has 0 aromatic heterocycles. The first-order valence-corrected chi connectivity index (χ1v) is 9.23. The highest BCUT2D eigenvalue weighted by Gasteiger charge is 2.52. The standard InChI is InChI=1S/C18H32N2O/c1-3-7-16-19-18(10-4-5-11-18)17(21)20(16)13-15-9-6-8-14(2)12-15/h14-16,19H,3-13H2,1-2H3. The van der Waals surface area contributed by atoms with Gasteiger partial charge in [0.2, 0.25) is 5.91 Å². The van der Waals surface area contributed by atoms with Crippen LogP contribution < -0.4 is 5.32 Å². The van der Waals surface area contributed by atoms with E-state index in [0.717, 1.165) is 44.1 Å². The number of hydrogen-bond acceptors (Lipinski definition) is 2. The van der Waals surface area contributed by atoms with Gasteiger partial charge in [-0.25, -0.2) is 0 Å². The second-order valence-electron chi connectivity index (χ2n) is 7.83. The summed E-state index contributed by atoms with van der Waals surface area (Å²) in [6.45, 7) is 5.60.